The predicted octanol–water partition coefficient (Wildman–Crippen LogP) is 1.35. The fourth-order valence-electron chi connectivity index (χ4n) is 1.31. The number of hydrogen-bond donors (Lipinski definition) is 2. The molecular weight excluding hydrogens is 285 g/mol. The van der Waals surface area contributed by atoms with Gasteiger partial charge in [-0.3, -0.25) is 20.2 Å². The highest BCUT2D eigenvalue weighted by Gasteiger charge is 2.13. The van der Waals surface area contributed by atoms with Gasteiger partial charge in [-0.1, -0.05) is 6.92 Å². The number of nitrogens with zero attached hydrogens (tertiary/aromatic N) is 1. The van der Waals surface area contributed by atoms with Gasteiger partial charge in [-0.05, 0) is 12.5 Å². The number of carbonyl (C=O) groups is 2. The molecule has 0 aromatic heterocycles. The molecule has 0 atom stereocenters. The van der Waals surface area contributed by atoms with Gasteiger partial charge in [0.25, 0.3) is 11.6 Å². The Kier molecular flexibility index (Phi) is 6.05. The number of nitro benzene ring substituents is 1. The van der Waals surface area contributed by atoms with E-state index in [1.807, 2.05) is 12.2 Å². The molecule has 0 unspecified atom stereocenters. The summed E-state index contributed by atoms with van der Waals surface area (Å²) in [5.74, 6) is -2.04. The predicted molar refractivity (Wildman–Crippen MR) is 70.4 cm³/mol. The van der Waals surface area contributed by atoms with Crippen LogP contribution in [0.15, 0.2) is 18.2 Å². The third-order valence-corrected chi connectivity index (χ3v) is 2.27. The minimum Gasteiger partial charge on any atom is -0.481 e. The van der Waals surface area contributed by atoms with Crippen LogP contribution in [-0.4, -0.2) is 30.0 Å². The zero-order valence-corrected chi connectivity index (χ0v) is 11.2. The van der Waals surface area contributed by atoms with Gasteiger partial charge in [0.2, 0.25) is 0 Å². The van der Waals surface area contributed by atoms with Crippen LogP contribution >= 0.6 is 0 Å². The first kappa shape index (κ1) is 16.3. The van der Waals surface area contributed by atoms with Gasteiger partial charge in [-0.15, -0.1) is 0 Å². The molecule has 0 aliphatic heterocycles. The number of ether oxygens (including phenoxy) is 1. The number of nitrogens with one attached hydrogen (secondary N) is 2. The Hall–Kier alpha value is -2.71. The molecule has 114 valence electrons. The van der Waals surface area contributed by atoms with E-state index in [1.54, 1.807) is 0 Å². The second-order valence-corrected chi connectivity index (χ2v) is 3.96. The first-order valence-corrected chi connectivity index (χ1v) is 6.08. The van der Waals surface area contributed by atoms with E-state index in [2.05, 4.69) is 5.32 Å². The number of halogens is 1. The van der Waals surface area contributed by atoms with E-state index in [1.165, 1.54) is 0 Å². The van der Waals surface area contributed by atoms with Crippen molar-refractivity contribution < 1.29 is 23.6 Å². The van der Waals surface area contributed by atoms with Crippen molar-refractivity contribution >= 4 is 17.6 Å². The largest absolute Gasteiger partial charge is 0.481 e. The Balaban J connectivity index is 2.50. The van der Waals surface area contributed by atoms with E-state index in [0.717, 1.165) is 12.1 Å². The second kappa shape index (κ2) is 7.78. The molecule has 0 aliphatic rings. The number of rotatable bonds is 6. The van der Waals surface area contributed by atoms with Crippen molar-refractivity contribution in [2.45, 2.75) is 13.3 Å². The SMILES string of the molecule is CCCNC(=O)NC(=O)COc1ccc([N+](=O)[O-])cc1F. The summed E-state index contributed by atoms with van der Waals surface area (Å²) in [6.07, 6.45) is 0.714. The molecular formula is C12H14FN3O5. The molecule has 0 saturated carbocycles. The van der Waals surface area contributed by atoms with Gasteiger partial charge in [0.1, 0.15) is 0 Å². The minimum absolute atomic E-state index is 0.315. The summed E-state index contributed by atoms with van der Waals surface area (Å²) in [6.45, 7) is 1.67. The van der Waals surface area contributed by atoms with Gasteiger partial charge in [0.05, 0.1) is 11.0 Å². The number of hydrogen-bond acceptors (Lipinski definition) is 5. The maximum Gasteiger partial charge on any atom is 0.321 e. The van der Waals surface area contributed by atoms with Crippen LogP contribution in [0.3, 0.4) is 0 Å². The summed E-state index contributed by atoms with van der Waals surface area (Å²) in [5.41, 5.74) is -0.428. The van der Waals surface area contributed by atoms with Crippen molar-refractivity contribution in [1.82, 2.24) is 10.6 Å². The fourth-order valence-corrected chi connectivity index (χ4v) is 1.31. The average molecular weight is 299 g/mol. The first-order valence-electron chi connectivity index (χ1n) is 6.08. The number of benzene rings is 1. The van der Waals surface area contributed by atoms with Gasteiger partial charge >= 0.3 is 6.03 Å². The number of non-ortho nitro benzene ring substituents is 1. The lowest BCUT2D eigenvalue weighted by atomic mass is 10.3. The van der Waals surface area contributed by atoms with Crippen LogP contribution in [0.2, 0.25) is 0 Å². The lowest BCUT2D eigenvalue weighted by molar-refractivity contribution is -0.385. The van der Waals surface area contributed by atoms with Gasteiger partial charge in [0.15, 0.2) is 18.2 Å². The monoisotopic (exact) mass is 299 g/mol. The number of carbonyl (C=O) groups excluding carboxylic acids is 2. The van der Waals surface area contributed by atoms with Crippen LogP contribution < -0.4 is 15.4 Å². The van der Waals surface area contributed by atoms with E-state index >= 15 is 0 Å². The highest BCUT2D eigenvalue weighted by Crippen LogP contribution is 2.22. The molecule has 1 aromatic rings. The Bertz CT molecular complexity index is 550. The number of urea groups is 1. The molecule has 0 fully saturated rings. The Morgan fingerprint density at radius 3 is 2.71 bits per heavy atom. The number of amides is 3. The Morgan fingerprint density at radius 2 is 2.14 bits per heavy atom. The van der Waals surface area contributed by atoms with Crippen LogP contribution in [0.5, 0.6) is 5.75 Å². The summed E-state index contributed by atoms with van der Waals surface area (Å²) >= 11 is 0. The normalized spacial score (nSPS) is 9.81. The van der Waals surface area contributed by atoms with E-state index in [-0.39, 0.29) is 5.75 Å². The molecule has 3 amide bonds. The van der Waals surface area contributed by atoms with Crippen molar-refractivity contribution in [3.63, 3.8) is 0 Å². The Labute approximate surface area is 119 Å². The summed E-state index contributed by atoms with van der Waals surface area (Å²) in [4.78, 5) is 32.2. The molecule has 0 saturated heterocycles. The number of imide groups is 1. The van der Waals surface area contributed by atoms with Crippen molar-refractivity contribution in [1.29, 1.82) is 0 Å². The van der Waals surface area contributed by atoms with Gasteiger partial charge in [-0.25, -0.2) is 9.18 Å². The second-order valence-electron chi connectivity index (χ2n) is 3.96. The quantitative estimate of drug-likeness (QED) is 0.608. The van der Waals surface area contributed by atoms with Gasteiger partial charge in [-0.2, -0.15) is 0 Å². The molecule has 0 spiro atoms. The molecule has 1 aromatic carbocycles. The summed E-state index contributed by atoms with van der Waals surface area (Å²) in [5, 5.41) is 14.8. The standard InChI is InChI=1S/C12H14FN3O5/c1-2-5-14-12(18)15-11(17)7-21-10-4-3-8(16(19)20)6-9(10)13/h3-4,6H,2,5,7H2,1H3,(H2,14,15,17,18). The zero-order valence-electron chi connectivity index (χ0n) is 11.2. The van der Waals surface area contributed by atoms with Crippen molar-refractivity contribution in [3.05, 3.63) is 34.1 Å². The third-order valence-electron chi connectivity index (χ3n) is 2.27. The molecule has 0 radical (unpaired) electrons. The lowest BCUT2D eigenvalue weighted by Gasteiger charge is -2.08. The topological polar surface area (TPSA) is 111 Å². The van der Waals surface area contributed by atoms with Gasteiger partial charge in [0, 0.05) is 12.6 Å². The smallest absolute Gasteiger partial charge is 0.321 e. The fraction of sp³-hybridized carbons (Fsp3) is 0.333. The Morgan fingerprint density at radius 1 is 1.43 bits per heavy atom. The summed E-state index contributed by atoms with van der Waals surface area (Å²) in [6, 6.07) is 2.10. The minimum atomic E-state index is -0.965. The summed E-state index contributed by atoms with van der Waals surface area (Å²) in [7, 11) is 0. The molecule has 2 N–H and O–H groups in total. The van der Waals surface area contributed by atoms with Crippen LogP contribution in [-0.2, 0) is 4.79 Å². The van der Waals surface area contributed by atoms with Crippen molar-refractivity contribution in [3.8, 4) is 5.75 Å². The summed E-state index contributed by atoms with van der Waals surface area (Å²) < 4.78 is 18.3. The van der Waals surface area contributed by atoms with E-state index < -0.39 is 35.0 Å². The lowest BCUT2D eigenvalue weighted by Crippen LogP contribution is -2.41. The van der Waals surface area contributed by atoms with E-state index in [0.29, 0.717) is 19.0 Å². The average Bonchev–Trinajstić information content (AvgIpc) is 2.43. The van der Waals surface area contributed by atoms with Crippen molar-refractivity contribution in [2.24, 2.45) is 0 Å². The van der Waals surface area contributed by atoms with Crippen LogP contribution in [0.1, 0.15) is 13.3 Å². The molecule has 1 rings (SSSR count). The molecule has 8 nitrogen and oxygen atoms in total. The third kappa shape index (κ3) is 5.43. The maximum absolute atomic E-state index is 13.4. The van der Waals surface area contributed by atoms with E-state index in [9.17, 15) is 24.1 Å². The van der Waals surface area contributed by atoms with Crippen LogP contribution in [0.4, 0.5) is 14.9 Å². The molecule has 0 aliphatic carbocycles. The molecule has 0 bridgehead atoms. The van der Waals surface area contributed by atoms with E-state index in [4.69, 9.17) is 4.74 Å². The zero-order chi connectivity index (χ0) is 15.8. The molecule has 9 heteroatoms. The number of nitro groups is 1. The maximum atomic E-state index is 13.4. The molecule has 0 heterocycles. The highest BCUT2D eigenvalue weighted by atomic mass is 19.1. The molecule has 21 heavy (non-hydrogen) atoms. The van der Waals surface area contributed by atoms with Gasteiger partial charge < -0.3 is 10.1 Å². The van der Waals surface area contributed by atoms with Crippen LogP contribution in [0.25, 0.3) is 0 Å². The first-order chi connectivity index (χ1) is 9.93. The van der Waals surface area contributed by atoms with Crippen LogP contribution in [0, 0.1) is 15.9 Å². The van der Waals surface area contributed by atoms with Crippen molar-refractivity contribution in [2.75, 3.05) is 13.2 Å². The highest BCUT2D eigenvalue weighted by molar-refractivity contribution is 5.94.